The van der Waals surface area contributed by atoms with Crippen LogP contribution in [0.3, 0.4) is 0 Å². The molecule has 3 heterocycles. The number of rotatable bonds is 10. The van der Waals surface area contributed by atoms with Crippen LogP contribution >= 0.6 is 0 Å². The van der Waals surface area contributed by atoms with Crippen molar-refractivity contribution < 1.29 is 9.59 Å². The molecule has 1 unspecified atom stereocenters. The maximum Gasteiger partial charge on any atom is 0.255 e. The minimum Gasteiger partial charge on any atom is -0.324 e. The average Bonchev–Trinajstić information content (AvgIpc) is 3.46. The molecule has 0 radical (unpaired) electrons. The Morgan fingerprint density at radius 1 is 0.913 bits per heavy atom. The second-order valence-corrected chi connectivity index (χ2v) is 11.0. The molecule has 2 aliphatic heterocycles. The molecule has 0 spiro atoms. The summed E-state index contributed by atoms with van der Waals surface area (Å²) in [6.45, 7) is 0.657. The number of fused-ring (bicyclic) bond motifs is 1. The Balaban J connectivity index is 1.12. The lowest BCUT2D eigenvalue weighted by Gasteiger charge is -2.24. The highest BCUT2D eigenvalue weighted by molar-refractivity contribution is 6.06. The number of allylic oxidation sites excluding steroid dienone is 2. The second-order valence-electron chi connectivity index (χ2n) is 11.0. The van der Waals surface area contributed by atoms with Crippen LogP contribution in [0.4, 0.5) is 23.0 Å². The Morgan fingerprint density at radius 2 is 1.72 bits per heavy atom. The molecule has 0 fully saturated rings. The number of aromatic nitrogens is 2. The zero-order valence-electron chi connectivity index (χ0n) is 25.5. The molecule has 0 saturated carbocycles. The number of hydrogen-bond acceptors (Lipinski definition) is 8. The number of carbonyl (C=O) groups is 2. The second kappa shape index (κ2) is 13.7. The number of likely N-dealkylation sites (N-methyl/N-ethyl adjacent to an activating group) is 1. The molecule has 6 rings (SSSR count). The Morgan fingerprint density at radius 3 is 2.52 bits per heavy atom. The molecule has 10 heteroatoms. The van der Waals surface area contributed by atoms with Gasteiger partial charge in [0, 0.05) is 53.2 Å². The third kappa shape index (κ3) is 7.20. The molecular weight excluding hydrogens is 576 g/mol. The summed E-state index contributed by atoms with van der Waals surface area (Å²) in [6.07, 6.45) is 13.2. The maximum absolute atomic E-state index is 13.0. The van der Waals surface area contributed by atoms with Crippen molar-refractivity contribution in [1.82, 2.24) is 25.3 Å². The van der Waals surface area contributed by atoms with Gasteiger partial charge in [0.2, 0.25) is 11.9 Å². The molecule has 0 bridgehead atoms. The molecule has 0 aliphatic carbocycles. The van der Waals surface area contributed by atoms with E-state index in [1.54, 1.807) is 48.7 Å². The molecule has 230 valence electrons. The number of nitrogens with zero attached hydrogens (tertiary/aromatic N) is 4. The Hall–Kier alpha value is -6.00. The van der Waals surface area contributed by atoms with E-state index in [2.05, 4.69) is 49.6 Å². The fourth-order valence-electron chi connectivity index (χ4n) is 5.11. The third-order valence-corrected chi connectivity index (χ3v) is 7.28. The molecule has 0 saturated heterocycles. The van der Waals surface area contributed by atoms with Crippen molar-refractivity contribution >= 4 is 46.1 Å². The van der Waals surface area contributed by atoms with E-state index in [1.165, 1.54) is 6.08 Å². The summed E-state index contributed by atoms with van der Waals surface area (Å²) in [5.41, 5.74) is 9.81. The summed E-state index contributed by atoms with van der Waals surface area (Å²) < 4.78 is 0. The van der Waals surface area contributed by atoms with Crippen LogP contribution in [0.2, 0.25) is 0 Å². The Kier molecular flexibility index (Phi) is 8.98. The van der Waals surface area contributed by atoms with Crippen molar-refractivity contribution in [2.45, 2.75) is 6.04 Å². The van der Waals surface area contributed by atoms with Gasteiger partial charge < -0.3 is 20.9 Å². The fourth-order valence-corrected chi connectivity index (χ4v) is 5.11. The first-order chi connectivity index (χ1) is 22.4. The molecule has 4 N–H and O–H groups in total. The molecule has 46 heavy (non-hydrogen) atoms. The highest BCUT2D eigenvalue weighted by atomic mass is 16.2. The van der Waals surface area contributed by atoms with Crippen molar-refractivity contribution in [3.8, 4) is 0 Å². The van der Waals surface area contributed by atoms with Crippen molar-refractivity contribution in [1.29, 1.82) is 0 Å². The topological polar surface area (TPSA) is 115 Å². The van der Waals surface area contributed by atoms with Gasteiger partial charge in [-0.2, -0.15) is 0 Å². The molecule has 1 aromatic heterocycles. The first-order valence-electron chi connectivity index (χ1n) is 14.9. The summed E-state index contributed by atoms with van der Waals surface area (Å²) >= 11 is 0. The SMILES string of the molecule is CN(C)C/C=C/C(=O)Nc1cccc(C(=O)Nc2ccc(Nc3nccc(C4=C(c5ccccc5)NN5C=CC=CC45)n3)cc2)c1. The first kappa shape index (κ1) is 30.0. The lowest BCUT2D eigenvalue weighted by molar-refractivity contribution is -0.111. The van der Waals surface area contributed by atoms with E-state index in [4.69, 9.17) is 4.98 Å². The van der Waals surface area contributed by atoms with E-state index in [0.29, 0.717) is 29.4 Å². The van der Waals surface area contributed by atoms with Gasteiger partial charge in [0.1, 0.15) is 0 Å². The molecule has 1 atom stereocenters. The standard InChI is InChI=1S/C36H34N8O2/c1-43(2)22-9-15-32(45)38-29-13-8-12-26(24-29)35(46)39-27-16-18-28(19-17-27)40-36-37-21-20-30(41-36)33-31-14-6-7-23-44(31)42-34(33)25-10-4-3-5-11-25/h3-21,23-24,31,42H,22H2,1-2H3,(H,38,45)(H,39,46)(H,37,40,41)/b15-9+. The number of benzene rings is 3. The van der Waals surface area contributed by atoms with Gasteiger partial charge in [-0.15, -0.1) is 0 Å². The average molecular weight is 611 g/mol. The Labute approximate surface area is 267 Å². The normalized spacial score (nSPS) is 15.2. The smallest absolute Gasteiger partial charge is 0.255 e. The third-order valence-electron chi connectivity index (χ3n) is 7.28. The van der Waals surface area contributed by atoms with Crippen LogP contribution in [0.25, 0.3) is 11.3 Å². The van der Waals surface area contributed by atoms with Crippen LogP contribution in [0.15, 0.2) is 128 Å². The summed E-state index contributed by atoms with van der Waals surface area (Å²) in [6, 6.07) is 26.2. The van der Waals surface area contributed by atoms with Gasteiger partial charge in [0.15, 0.2) is 0 Å². The number of nitrogens with one attached hydrogen (secondary N) is 4. The number of anilines is 4. The van der Waals surface area contributed by atoms with Crippen LogP contribution in [-0.4, -0.2) is 58.4 Å². The number of amides is 2. The van der Waals surface area contributed by atoms with Crippen molar-refractivity contribution in [3.05, 3.63) is 145 Å². The van der Waals surface area contributed by atoms with Gasteiger partial charge in [0.05, 0.1) is 17.4 Å². The predicted octanol–water partition coefficient (Wildman–Crippen LogP) is 5.67. The highest BCUT2D eigenvalue weighted by Crippen LogP contribution is 2.36. The van der Waals surface area contributed by atoms with E-state index in [-0.39, 0.29) is 17.9 Å². The molecule has 2 amide bonds. The minimum atomic E-state index is -0.288. The van der Waals surface area contributed by atoms with Crippen molar-refractivity contribution in [2.75, 3.05) is 36.6 Å². The van der Waals surface area contributed by atoms with Crippen LogP contribution in [0.1, 0.15) is 21.6 Å². The van der Waals surface area contributed by atoms with Crippen LogP contribution in [0, 0.1) is 0 Å². The van der Waals surface area contributed by atoms with Crippen LogP contribution < -0.4 is 21.4 Å². The van der Waals surface area contributed by atoms with Crippen molar-refractivity contribution in [3.63, 3.8) is 0 Å². The number of carbonyl (C=O) groups excluding carboxylic acids is 2. The zero-order chi connectivity index (χ0) is 31.9. The van der Waals surface area contributed by atoms with Gasteiger partial charge in [-0.3, -0.25) is 20.0 Å². The van der Waals surface area contributed by atoms with E-state index < -0.39 is 0 Å². The van der Waals surface area contributed by atoms with Gasteiger partial charge >= 0.3 is 0 Å². The maximum atomic E-state index is 13.0. The van der Waals surface area contributed by atoms with Gasteiger partial charge in [0.25, 0.3) is 5.91 Å². The zero-order valence-corrected chi connectivity index (χ0v) is 25.5. The lowest BCUT2D eigenvalue weighted by atomic mass is 9.98. The summed E-state index contributed by atoms with van der Waals surface area (Å²) in [5, 5.41) is 11.0. The highest BCUT2D eigenvalue weighted by Gasteiger charge is 2.32. The Bertz CT molecular complexity index is 1850. The largest absolute Gasteiger partial charge is 0.324 e. The molecule has 4 aromatic rings. The molecular formula is C36H34N8O2. The summed E-state index contributed by atoms with van der Waals surface area (Å²) in [7, 11) is 3.85. The van der Waals surface area contributed by atoms with Crippen LogP contribution in [0.5, 0.6) is 0 Å². The van der Waals surface area contributed by atoms with E-state index in [1.807, 2.05) is 73.7 Å². The summed E-state index contributed by atoms with van der Waals surface area (Å²) in [5.74, 6) is -0.0852. The molecule has 2 aliphatic rings. The predicted molar refractivity (Wildman–Crippen MR) is 183 cm³/mol. The first-order valence-corrected chi connectivity index (χ1v) is 14.9. The van der Waals surface area contributed by atoms with Crippen molar-refractivity contribution in [2.24, 2.45) is 0 Å². The number of hydrazine groups is 1. The fraction of sp³-hybridized carbons (Fsp3) is 0.111. The molecule has 3 aromatic carbocycles. The number of hydrogen-bond donors (Lipinski definition) is 4. The van der Waals surface area contributed by atoms with Crippen LogP contribution in [-0.2, 0) is 4.79 Å². The lowest BCUT2D eigenvalue weighted by Crippen LogP contribution is -2.34. The van der Waals surface area contributed by atoms with Gasteiger partial charge in [-0.1, -0.05) is 54.6 Å². The van der Waals surface area contributed by atoms with E-state index in [9.17, 15) is 9.59 Å². The summed E-state index contributed by atoms with van der Waals surface area (Å²) in [4.78, 5) is 36.4. The van der Waals surface area contributed by atoms with Gasteiger partial charge in [-0.25, -0.2) is 9.97 Å². The monoisotopic (exact) mass is 610 g/mol. The minimum absolute atomic E-state index is 0.00673. The van der Waals surface area contributed by atoms with Gasteiger partial charge in [-0.05, 0) is 74.3 Å². The van der Waals surface area contributed by atoms with E-state index in [0.717, 1.165) is 28.2 Å². The van der Waals surface area contributed by atoms with E-state index >= 15 is 0 Å². The quantitative estimate of drug-likeness (QED) is 0.170. The molecule has 10 nitrogen and oxygen atoms in total.